The van der Waals surface area contributed by atoms with E-state index < -0.39 is 0 Å². The van der Waals surface area contributed by atoms with Gasteiger partial charge in [-0.05, 0) is 50.3 Å². The first-order valence-corrected chi connectivity index (χ1v) is 8.35. The minimum absolute atomic E-state index is 0.150. The highest BCUT2D eigenvalue weighted by Gasteiger charge is 2.20. The second-order valence-electron chi connectivity index (χ2n) is 6.34. The summed E-state index contributed by atoms with van der Waals surface area (Å²) in [6.45, 7) is 8.26. The molecule has 7 heteroatoms. The normalized spacial score (nSPS) is 11.8. The molecule has 1 aromatic carbocycles. The molecule has 0 atom stereocenters. The van der Waals surface area contributed by atoms with E-state index in [9.17, 15) is 0 Å². The van der Waals surface area contributed by atoms with Gasteiger partial charge in [0.1, 0.15) is 6.26 Å². The maximum absolute atomic E-state index is 5.58. The Morgan fingerprint density at radius 3 is 2.61 bits per heavy atom. The van der Waals surface area contributed by atoms with Crippen LogP contribution < -0.4 is 0 Å². The molecule has 3 aromatic rings. The lowest BCUT2D eigenvalue weighted by Gasteiger charge is -2.19. The molecule has 6 nitrogen and oxygen atoms in total. The van der Waals surface area contributed by atoms with Crippen LogP contribution in [0.25, 0.3) is 11.5 Å². The van der Waals surface area contributed by atoms with Crippen molar-refractivity contribution in [2.75, 3.05) is 0 Å². The van der Waals surface area contributed by atoms with Crippen LogP contribution in [-0.2, 0) is 11.3 Å². The van der Waals surface area contributed by atoms with Crippen molar-refractivity contribution in [2.24, 2.45) is 0 Å². The van der Waals surface area contributed by atoms with Gasteiger partial charge in [-0.25, -0.2) is 9.67 Å². The number of tetrazole rings is 1. The van der Waals surface area contributed by atoms with Crippen LogP contribution in [0, 0.1) is 6.92 Å². The molecule has 0 fully saturated rings. The Bertz CT molecular complexity index is 785. The van der Waals surface area contributed by atoms with E-state index in [-0.39, 0.29) is 5.54 Å². The van der Waals surface area contributed by atoms with Gasteiger partial charge in [-0.1, -0.05) is 29.5 Å². The van der Waals surface area contributed by atoms with Gasteiger partial charge < -0.3 is 4.42 Å². The van der Waals surface area contributed by atoms with Crippen LogP contribution in [0.15, 0.2) is 40.1 Å². The van der Waals surface area contributed by atoms with Crippen LogP contribution >= 0.6 is 11.8 Å². The Balaban J connectivity index is 1.71. The van der Waals surface area contributed by atoms with E-state index in [4.69, 9.17) is 4.42 Å². The fraction of sp³-hybridized carbons (Fsp3) is 0.375. The van der Waals surface area contributed by atoms with Gasteiger partial charge >= 0.3 is 0 Å². The van der Waals surface area contributed by atoms with Crippen molar-refractivity contribution in [3.8, 4) is 11.5 Å². The van der Waals surface area contributed by atoms with Gasteiger partial charge in [0.05, 0.1) is 11.2 Å². The molecule has 0 aliphatic heterocycles. The molecule has 2 heterocycles. The fourth-order valence-electron chi connectivity index (χ4n) is 2.03. The molecule has 0 aliphatic carbocycles. The zero-order valence-electron chi connectivity index (χ0n) is 13.6. The van der Waals surface area contributed by atoms with Crippen molar-refractivity contribution in [3.05, 3.63) is 41.8 Å². The monoisotopic (exact) mass is 329 g/mol. The van der Waals surface area contributed by atoms with E-state index in [1.807, 2.05) is 28.9 Å². The topological polar surface area (TPSA) is 69.6 Å². The lowest BCUT2D eigenvalue weighted by Crippen LogP contribution is -2.24. The lowest BCUT2D eigenvalue weighted by atomic mass is 10.1. The zero-order chi connectivity index (χ0) is 16.4. The quantitative estimate of drug-likeness (QED) is 0.680. The molecule has 0 aliphatic rings. The summed E-state index contributed by atoms with van der Waals surface area (Å²) in [5, 5.41) is 12.7. The molecule has 0 radical (unpaired) electrons. The highest BCUT2D eigenvalue weighted by Crippen LogP contribution is 2.26. The molecule has 0 spiro atoms. The number of rotatable bonds is 4. The highest BCUT2D eigenvalue weighted by molar-refractivity contribution is 7.98. The standard InChI is InChI=1S/C16H19N5OS/c1-11-5-7-12(8-6-11)14-17-13(9-22-14)10-23-15-18-19-20-21(15)16(2,3)4/h5-9H,10H2,1-4H3. The van der Waals surface area contributed by atoms with E-state index >= 15 is 0 Å². The minimum atomic E-state index is -0.150. The average molecular weight is 329 g/mol. The van der Waals surface area contributed by atoms with Crippen LogP contribution in [0.4, 0.5) is 0 Å². The number of hydrogen-bond acceptors (Lipinski definition) is 6. The number of thioether (sulfide) groups is 1. The predicted molar refractivity (Wildman–Crippen MR) is 89.1 cm³/mol. The SMILES string of the molecule is Cc1ccc(-c2nc(CSc3nnnn3C(C)(C)C)co2)cc1. The van der Waals surface area contributed by atoms with Gasteiger partial charge in [0, 0.05) is 11.3 Å². The van der Waals surface area contributed by atoms with Crippen molar-refractivity contribution in [1.82, 2.24) is 25.2 Å². The molecule has 23 heavy (non-hydrogen) atoms. The number of nitrogens with zero attached hydrogens (tertiary/aromatic N) is 5. The maximum atomic E-state index is 5.58. The van der Waals surface area contributed by atoms with Gasteiger partial charge in [-0.2, -0.15) is 0 Å². The summed E-state index contributed by atoms with van der Waals surface area (Å²) in [5.41, 5.74) is 2.91. The Hall–Kier alpha value is -2.15. The minimum Gasteiger partial charge on any atom is -0.444 e. The second-order valence-corrected chi connectivity index (χ2v) is 7.29. The van der Waals surface area contributed by atoms with E-state index in [0.29, 0.717) is 11.6 Å². The van der Waals surface area contributed by atoms with E-state index in [1.54, 1.807) is 18.0 Å². The Kier molecular flexibility index (Phi) is 4.21. The summed E-state index contributed by atoms with van der Waals surface area (Å²) in [6, 6.07) is 8.12. The van der Waals surface area contributed by atoms with Gasteiger partial charge in [0.2, 0.25) is 11.0 Å². The smallest absolute Gasteiger partial charge is 0.226 e. The lowest BCUT2D eigenvalue weighted by molar-refractivity contribution is 0.321. The predicted octanol–water partition coefficient (Wildman–Crippen LogP) is 3.68. The molecule has 0 saturated carbocycles. The third kappa shape index (κ3) is 3.61. The molecule has 0 unspecified atom stereocenters. The molecule has 0 N–H and O–H groups in total. The largest absolute Gasteiger partial charge is 0.444 e. The summed E-state index contributed by atoms with van der Waals surface area (Å²) < 4.78 is 7.39. The fourth-order valence-corrected chi connectivity index (χ4v) is 2.97. The Morgan fingerprint density at radius 1 is 1.17 bits per heavy atom. The average Bonchev–Trinajstić information content (AvgIpc) is 3.14. The van der Waals surface area contributed by atoms with E-state index in [2.05, 4.69) is 48.2 Å². The molecule has 2 aromatic heterocycles. The summed E-state index contributed by atoms with van der Waals surface area (Å²) in [7, 11) is 0. The van der Waals surface area contributed by atoms with Crippen molar-refractivity contribution < 1.29 is 4.42 Å². The maximum Gasteiger partial charge on any atom is 0.226 e. The first kappa shape index (κ1) is 15.7. The number of benzene rings is 1. The van der Waals surface area contributed by atoms with Crippen LogP contribution in [0.2, 0.25) is 0 Å². The van der Waals surface area contributed by atoms with E-state index in [1.165, 1.54) is 5.56 Å². The van der Waals surface area contributed by atoms with Gasteiger partial charge in [-0.3, -0.25) is 0 Å². The number of oxazole rings is 1. The summed E-state index contributed by atoms with van der Waals surface area (Å²) in [4.78, 5) is 4.54. The summed E-state index contributed by atoms with van der Waals surface area (Å²) in [5.74, 6) is 1.29. The molecule has 0 bridgehead atoms. The van der Waals surface area contributed by atoms with Crippen molar-refractivity contribution in [1.29, 1.82) is 0 Å². The number of aromatic nitrogens is 5. The van der Waals surface area contributed by atoms with Gasteiger partial charge in [0.25, 0.3) is 0 Å². The van der Waals surface area contributed by atoms with Crippen LogP contribution in [0.1, 0.15) is 32.0 Å². The molecule has 120 valence electrons. The first-order valence-electron chi connectivity index (χ1n) is 7.36. The number of hydrogen-bond donors (Lipinski definition) is 0. The van der Waals surface area contributed by atoms with Crippen molar-refractivity contribution in [3.63, 3.8) is 0 Å². The van der Waals surface area contributed by atoms with Crippen LogP contribution in [0.3, 0.4) is 0 Å². The molecule has 0 saturated heterocycles. The third-order valence-electron chi connectivity index (χ3n) is 3.28. The molecular weight excluding hydrogens is 310 g/mol. The molecule has 3 rings (SSSR count). The zero-order valence-corrected chi connectivity index (χ0v) is 14.5. The second kappa shape index (κ2) is 6.16. The molecule has 0 amide bonds. The highest BCUT2D eigenvalue weighted by atomic mass is 32.2. The van der Waals surface area contributed by atoms with Crippen LogP contribution in [-0.4, -0.2) is 25.2 Å². The van der Waals surface area contributed by atoms with E-state index in [0.717, 1.165) is 16.4 Å². The van der Waals surface area contributed by atoms with Gasteiger partial charge in [-0.15, -0.1) is 5.10 Å². The summed E-state index contributed by atoms with van der Waals surface area (Å²) >= 11 is 1.55. The van der Waals surface area contributed by atoms with Crippen LogP contribution in [0.5, 0.6) is 0 Å². The Labute approximate surface area is 139 Å². The van der Waals surface area contributed by atoms with Gasteiger partial charge in [0.15, 0.2) is 0 Å². The Morgan fingerprint density at radius 2 is 1.91 bits per heavy atom. The van der Waals surface area contributed by atoms with Crippen molar-refractivity contribution in [2.45, 2.75) is 44.1 Å². The third-order valence-corrected chi connectivity index (χ3v) is 4.23. The summed E-state index contributed by atoms with van der Waals surface area (Å²) in [6.07, 6.45) is 1.69. The first-order chi connectivity index (χ1) is 10.9. The number of aryl methyl sites for hydroxylation is 1. The molecular formula is C16H19N5OS. The van der Waals surface area contributed by atoms with Crippen molar-refractivity contribution >= 4 is 11.8 Å².